The van der Waals surface area contributed by atoms with Crippen LogP contribution >= 0.6 is 0 Å². The van der Waals surface area contributed by atoms with Gasteiger partial charge in [0, 0.05) is 0 Å². The van der Waals surface area contributed by atoms with Crippen LogP contribution in [0.1, 0.15) is 82.1 Å². The first kappa shape index (κ1) is 29.3. The Labute approximate surface area is 101 Å². The summed E-state index contributed by atoms with van der Waals surface area (Å²) in [5.74, 6) is 0.849. The van der Waals surface area contributed by atoms with Crippen molar-refractivity contribution in [1.29, 1.82) is 0 Å². The summed E-state index contributed by atoms with van der Waals surface area (Å²) < 4.78 is 0. The van der Waals surface area contributed by atoms with Crippen molar-refractivity contribution in [3.63, 3.8) is 0 Å². The van der Waals surface area contributed by atoms with Crippen LogP contribution in [-0.4, -0.2) is 0 Å². The van der Waals surface area contributed by atoms with Gasteiger partial charge in [0.25, 0.3) is 0 Å². The number of hydrogen-bond acceptors (Lipinski definition) is 0. The molecule has 0 heterocycles. The maximum absolute atomic E-state index is 3.71. The fourth-order valence-electron chi connectivity index (χ4n) is 0.955. The van der Waals surface area contributed by atoms with Crippen LogP contribution in [0.5, 0.6) is 0 Å². The molecule has 0 amide bonds. The molecule has 0 aromatic carbocycles. The van der Waals surface area contributed by atoms with E-state index in [9.17, 15) is 0 Å². The molecule has 15 heavy (non-hydrogen) atoms. The third kappa shape index (κ3) is 41.7. The van der Waals surface area contributed by atoms with Gasteiger partial charge >= 0.3 is 0 Å². The molecule has 0 bridgehead atoms. The molecule has 98 valence electrons. The monoisotopic (exact) mass is 218 g/mol. The molecule has 0 rings (SSSR count). The van der Waals surface area contributed by atoms with Crippen LogP contribution in [0.3, 0.4) is 0 Å². The van der Waals surface area contributed by atoms with Gasteiger partial charge in [-0.05, 0) is 12.3 Å². The maximum Gasteiger partial charge on any atom is -0.0328 e. The van der Waals surface area contributed by atoms with Crippen molar-refractivity contribution in [2.45, 2.75) is 82.1 Å². The molecule has 0 saturated heterocycles. The number of unbranched alkanes of at least 4 members (excludes halogenated alkanes) is 1. The highest BCUT2D eigenvalue weighted by molar-refractivity contribution is 4.69. The summed E-state index contributed by atoms with van der Waals surface area (Å²) in [6.07, 6.45) is 7.25. The van der Waals surface area contributed by atoms with Gasteiger partial charge in [-0.2, -0.15) is 0 Å². The quantitative estimate of drug-likeness (QED) is 0.450. The standard InChI is InChI=1S/C9H18.2C2H6.2CH4/c1-4-6-8-9(3)7-5-2;2*1-2;;/h5,9H,2,4,6-8H2,1,3H3;2*1-2H3;2*1H4. The van der Waals surface area contributed by atoms with Crippen molar-refractivity contribution >= 4 is 0 Å². The highest BCUT2D eigenvalue weighted by Gasteiger charge is 1.96. The molecule has 1 atom stereocenters. The van der Waals surface area contributed by atoms with Crippen LogP contribution in [0.25, 0.3) is 0 Å². The van der Waals surface area contributed by atoms with Crippen molar-refractivity contribution in [3.8, 4) is 0 Å². The summed E-state index contributed by atoms with van der Waals surface area (Å²) in [6, 6.07) is 0. The first-order valence-corrected chi connectivity index (χ1v) is 5.92. The Hall–Kier alpha value is -0.260. The fourth-order valence-corrected chi connectivity index (χ4v) is 0.955. The van der Waals surface area contributed by atoms with Gasteiger partial charge in [0.05, 0.1) is 0 Å². The molecule has 0 heteroatoms. The molecule has 0 aromatic rings. The molecule has 0 radical (unpaired) electrons. The van der Waals surface area contributed by atoms with Gasteiger partial charge in [0.2, 0.25) is 0 Å². The van der Waals surface area contributed by atoms with Crippen LogP contribution < -0.4 is 0 Å². The second kappa shape index (κ2) is 37.2. The molecule has 0 aliphatic rings. The summed E-state index contributed by atoms with van der Waals surface area (Å²) in [6.45, 7) is 16.2. The summed E-state index contributed by atoms with van der Waals surface area (Å²) in [4.78, 5) is 0. The highest BCUT2D eigenvalue weighted by atomic mass is 14.0. The van der Waals surface area contributed by atoms with E-state index >= 15 is 0 Å². The first-order chi connectivity index (χ1) is 6.31. The molecule has 0 nitrogen and oxygen atoms in total. The molecule has 0 spiro atoms. The van der Waals surface area contributed by atoms with Gasteiger partial charge in [-0.3, -0.25) is 0 Å². The van der Waals surface area contributed by atoms with Crippen molar-refractivity contribution in [1.82, 2.24) is 0 Å². The van der Waals surface area contributed by atoms with E-state index in [-0.39, 0.29) is 14.9 Å². The third-order valence-corrected chi connectivity index (χ3v) is 1.62. The lowest BCUT2D eigenvalue weighted by molar-refractivity contribution is 0.512. The molecule has 0 aromatic heterocycles. The molecule has 0 aliphatic heterocycles. The second-order valence-electron chi connectivity index (χ2n) is 2.77. The Balaban J connectivity index is -0.0000000496. The minimum Gasteiger partial charge on any atom is -0.103 e. The van der Waals surface area contributed by atoms with Crippen molar-refractivity contribution in [2.24, 2.45) is 5.92 Å². The highest BCUT2D eigenvalue weighted by Crippen LogP contribution is 2.11. The third-order valence-electron chi connectivity index (χ3n) is 1.62. The molecule has 0 saturated carbocycles. The molecule has 1 unspecified atom stereocenters. The van der Waals surface area contributed by atoms with Crippen LogP contribution in [0, 0.1) is 5.92 Å². The summed E-state index contributed by atoms with van der Waals surface area (Å²) in [7, 11) is 0. The summed E-state index contributed by atoms with van der Waals surface area (Å²) >= 11 is 0. The largest absolute Gasteiger partial charge is 0.103 e. The molecule has 0 fully saturated rings. The van der Waals surface area contributed by atoms with Gasteiger partial charge in [0.1, 0.15) is 0 Å². The van der Waals surface area contributed by atoms with Crippen molar-refractivity contribution in [3.05, 3.63) is 12.7 Å². The fraction of sp³-hybridized carbons (Fsp3) is 0.867. The van der Waals surface area contributed by atoms with Crippen LogP contribution in [0.4, 0.5) is 0 Å². The smallest absolute Gasteiger partial charge is 0.0328 e. The SMILES string of the molecule is C.C.C=CCC(C)CCCC.CC.CC. The maximum atomic E-state index is 3.71. The zero-order valence-electron chi connectivity index (χ0n) is 10.7. The zero-order chi connectivity index (χ0) is 11.1. The molecular formula is C15H38. The average Bonchev–Trinajstić information content (AvgIpc) is 2.21. The lowest BCUT2D eigenvalue weighted by Gasteiger charge is -2.05. The van der Waals surface area contributed by atoms with Gasteiger partial charge in [-0.25, -0.2) is 0 Å². The zero-order valence-corrected chi connectivity index (χ0v) is 10.7. The Morgan fingerprint density at radius 1 is 1.07 bits per heavy atom. The van der Waals surface area contributed by atoms with E-state index in [2.05, 4.69) is 20.4 Å². The lowest BCUT2D eigenvalue weighted by atomic mass is 10.0. The predicted molar refractivity (Wildman–Crippen MR) is 79.7 cm³/mol. The van der Waals surface area contributed by atoms with Crippen LogP contribution in [-0.2, 0) is 0 Å². The van der Waals surface area contributed by atoms with Gasteiger partial charge < -0.3 is 0 Å². The van der Waals surface area contributed by atoms with E-state index in [1.165, 1.54) is 25.7 Å². The molecule has 0 aliphatic carbocycles. The van der Waals surface area contributed by atoms with Crippen molar-refractivity contribution < 1.29 is 0 Å². The minimum absolute atomic E-state index is 0. The number of allylic oxidation sites excluding steroid dienone is 1. The van der Waals surface area contributed by atoms with Crippen LogP contribution in [0.2, 0.25) is 0 Å². The molecular weight excluding hydrogens is 180 g/mol. The Kier molecular flexibility index (Phi) is 72.8. The van der Waals surface area contributed by atoms with Gasteiger partial charge in [-0.15, -0.1) is 6.58 Å². The summed E-state index contributed by atoms with van der Waals surface area (Å²) in [5.41, 5.74) is 0. The minimum atomic E-state index is 0. The van der Waals surface area contributed by atoms with E-state index in [1.54, 1.807) is 0 Å². The number of hydrogen-bond donors (Lipinski definition) is 0. The van der Waals surface area contributed by atoms with E-state index in [1.807, 2.05) is 33.8 Å². The Morgan fingerprint density at radius 3 is 1.73 bits per heavy atom. The molecule has 0 N–H and O–H groups in total. The van der Waals surface area contributed by atoms with Crippen molar-refractivity contribution in [2.75, 3.05) is 0 Å². The topological polar surface area (TPSA) is 0 Å². The van der Waals surface area contributed by atoms with E-state index in [4.69, 9.17) is 0 Å². The van der Waals surface area contributed by atoms with Gasteiger partial charge in [-0.1, -0.05) is 81.7 Å². The first-order valence-electron chi connectivity index (χ1n) is 5.92. The normalized spacial score (nSPS) is 8.67. The summed E-state index contributed by atoms with van der Waals surface area (Å²) in [5, 5.41) is 0. The second-order valence-corrected chi connectivity index (χ2v) is 2.77. The van der Waals surface area contributed by atoms with E-state index in [0.29, 0.717) is 0 Å². The van der Waals surface area contributed by atoms with E-state index in [0.717, 1.165) is 5.92 Å². The van der Waals surface area contributed by atoms with E-state index < -0.39 is 0 Å². The predicted octanol–water partition coefficient (Wildman–Crippen LogP) is 6.71. The Morgan fingerprint density at radius 2 is 1.47 bits per heavy atom. The average molecular weight is 218 g/mol. The van der Waals surface area contributed by atoms with Crippen LogP contribution in [0.15, 0.2) is 12.7 Å². The Bertz CT molecular complexity index is 64.4. The van der Waals surface area contributed by atoms with Gasteiger partial charge in [0.15, 0.2) is 0 Å². The lowest BCUT2D eigenvalue weighted by Crippen LogP contribution is -1.90. The number of rotatable bonds is 5.